The summed E-state index contributed by atoms with van der Waals surface area (Å²) in [6.45, 7) is 4.21. The maximum Gasteiger partial charge on any atom is 0.228 e. The summed E-state index contributed by atoms with van der Waals surface area (Å²) in [7, 11) is 2.09. The normalized spacial score (nSPS) is 12.5. The molecule has 0 fully saturated rings. The number of pyridine rings is 1. The first kappa shape index (κ1) is 12.7. The molecule has 0 saturated heterocycles. The van der Waals surface area contributed by atoms with Gasteiger partial charge in [-0.2, -0.15) is 0 Å². The molecule has 0 radical (unpaired) electrons. The van der Waals surface area contributed by atoms with Gasteiger partial charge in [0, 0.05) is 17.0 Å². The summed E-state index contributed by atoms with van der Waals surface area (Å²) in [5.41, 5.74) is 5.55. The summed E-state index contributed by atoms with van der Waals surface area (Å²) in [6, 6.07) is 10.4. The Morgan fingerprint density at radius 1 is 1.00 bits per heavy atom. The smallest absolute Gasteiger partial charge is 0.228 e. The summed E-state index contributed by atoms with van der Waals surface area (Å²) < 4.78 is 14.2. The van der Waals surface area contributed by atoms with Crippen molar-refractivity contribution in [1.82, 2.24) is 0 Å². The van der Waals surface area contributed by atoms with Crippen LogP contribution in [0.3, 0.4) is 0 Å². The molecule has 0 bridgehead atoms. The average molecular weight is 302 g/mol. The lowest BCUT2D eigenvalue weighted by Crippen LogP contribution is -2.31. The van der Waals surface area contributed by atoms with Crippen LogP contribution in [0.4, 0.5) is 0 Å². The molecule has 4 aromatic rings. The summed E-state index contributed by atoms with van der Waals surface area (Å²) >= 11 is 0. The van der Waals surface area contributed by atoms with Gasteiger partial charge < -0.3 is 9.15 Å². The van der Waals surface area contributed by atoms with Crippen molar-refractivity contribution in [3.05, 3.63) is 53.9 Å². The molecule has 0 N–H and O–H groups in total. The van der Waals surface area contributed by atoms with Crippen LogP contribution in [0.5, 0.6) is 11.5 Å². The van der Waals surface area contributed by atoms with E-state index in [0.29, 0.717) is 0 Å². The highest BCUT2D eigenvalue weighted by Gasteiger charge is 2.32. The summed E-state index contributed by atoms with van der Waals surface area (Å²) in [5.74, 6) is 1.82. The number of hydrogen-bond acceptors (Lipinski definition) is 2. The van der Waals surface area contributed by atoms with Crippen LogP contribution >= 0.6 is 0 Å². The van der Waals surface area contributed by atoms with Gasteiger partial charge in [-0.25, -0.2) is 4.57 Å². The van der Waals surface area contributed by atoms with Crippen molar-refractivity contribution < 1.29 is 13.7 Å². The van der Waals surface area contributed by atoms with Gasteiger partial charge in [-0.1, -0.05) is 12.1 Å². The maximum atomic E-state index is 6.32. The largest absolute Gasteiger partial charge is 0.464 e. The van der Waals surface area contributed by atoms with Gasteiger partial charge >= 0.3 is 0 Å². The molecule has 2 aromatic heterocycles. The third kappa shape index (κ3) is 1.47. The molecule has 0 saturated carbocycles. The van der Waals surface area contributed by atoms with Gasteiger partial charge in [-0.05, 0) is 36.9 Å². The van der Waals surface area contributed by atoms with Crippen molar-refractivity contribution in [2.24, 2.45) is 7.05 Å². The lowest BCUT2D eigenvalue weighted by molar-refractivity contribution is -0.659. The fourth-order valence-electron chi connectivity index (χ4n) is 3.78. The van der Waals surface area contributed by atoms with Crippen molar-refractivity contribution in [3.63, 3.8) is 0 Å². The van der Waals surface area contributed by atoms with Crippen LogP contribution in [-0.2, 0) is 7.05 Å². The molecule has 112 valence electrons. The Bertz CT molecular complexity index is 1120. The fourth-order valence-corrected chi connectivity index (χ4v) is 3.78. The van der Waals surface area contributed by atoms with Gasteiger partial charge in [0.15, 0.2) is 6.20 Å². The van der Waals surface area contributed by atoms with Crippen molar-refractivity contribution in [1.29, 1.82) is 0 Å². The van der Waals surface area contributed by atoms with Gasteiger partial charge in [0.25, 0.3) is 0 Å². The number of furan rings is 1. The molecule has 23 heavy (non-hydrogen) atoms. The molecule has 1 aliphatic heterocycles. The maximum absolute atomic E-state index is 6.32. The zero-order chi connectivity index (χ0) is 15.7. The summed E-state index contributed by atoms with van der Waals surface area (Å²) in [5, 5.41) is 3.53. The van der Waals surface area contributed by atoms with E-state index in [1.165, 1.54) is 27.6 Å². The second kappa shape index (κ2) is 4.13. The Morgan fingerprint density at radius 2 is 1.87 bits per heavy atom. The van der Waals surface area contributed by atoms with Crippen molar-refractivity contribution in [2.45, 2.75) is 13.8 Å². The van der Waals surface area contributed by atoms with Gasteiger partial charge in [0.2, 0.25) is 5.69 Å². The van der Waals surface area contributed by atoms with Crippen molar-refractivity contribution in [3.8, 4) is 22.8 Å². The minimum atomic E-state index is 0.909. The second-order valence-electron chi connectivity index (χ2n) is 6.22. The molecule has 1 aliphatic rings. The number of benzene rings is 2. The van der Waals surface area contributed by atoms with E-state index in [0.717, 1.165) is 28.0 Å². The molecule has 3 heteroatoms. The molecule has 0 atom stereocenters. The van der Waals surface area contributed by atoms with E-state index in [-0.39, 0.29) is 0 Å². The third-order valence-electron chi connectivity index (χ3n) is 4.93. The van der Waals surface area contributed by atoms with Gasteiger partial charge in [-0.15, -0.1) is 0 Å². The fraction of sp³-hybridized carbons (Fsp3) is 0.150. The van der Waals surface area contributed by atoms with Crippen molar-refractivity contribution in [2.75, 3.05) is 0 Å². The summed E-state index contributed by atoms with van der Waals surface area (Å²) in [4.78, 5) is 0. The van der Waals surface area contributed by atoms with E-state index < -0.39 is 0 Å². The van der Waals surface area contributed by atoms with E-state index >= 15 is 0 Å². The number of rotatable bonds is 0. The third-order valence-corrected chi connectivity index (χ3v) is 4.93. The Kier molecular flexibility index (Phi) is 2.28. The van der Waals surface area contributed by atoms with E-state index in [2.05, 4.69) is 43.8 Å². The number of aromatic nitrogens is 1. The van der Waals surface area contributed by atoms with E-state index in [4.69, 9.17) is 9.15 Å². The minimum Gasteiger partial charge on any atom is -0.464 e. The first-order valence-corrected chi connectivity index (χ1v) is 7.77. The molecule has 0 spiro atoms. The van der Waals surface area contributed by atoms with Crippen LogP contribution in [0.1, 0.15) is 11.1 Å². The van der Waals surface area contributed by atoms with Crippen LogP contribution in [0.25, 0.3) is 33.0 Å². The number of nitrogens with zero attached hydrogens (tertiary/aromatic N) is 1. The van der Waals surface area contributed by atoms with E-state index in [9.17, 15) is 0 Å². The van der Waals surface area contributed by atoms with Crippen LogP contribution in [0.2, 0.25) is 0 Å². The summed E-state index contributed by atoms with van der Waals surface area (Å²) in [6.07, 6.45) is 3.87. The predicted molar refractivity (Wildman–Crippen MR) is 89.9 cm³/mol. The highest BCUT2D eigenvalue weighted by Crippen LogP contribution is 2.50. The molecule has 5 rings (SSSR count). The Hall–Kier alpha value is -2.81. The molecule has 2 aromatic carbocycles. The van der Waals surface area contributed by atoms with Crippen LogP contribution < -0.4 is 9.30 Å². The van der Waals surface area contributed by atoms with Gasteiger partial charge in [0.05, 0.1) is 17.2 Å². The second-order valence-corrected chi connectivity index (χ2v) is 6.22. The quantitative estimate of drug-likeness (QED) is 0.384. The van der Waals surface area contributed by atoms with Crippen LogP contribution in [0.15, 0.2) is 47.2 Å². The zero-order valence-corrected chi connectivity index (χ0v) is 13.3. The van der Waals surface area contributed by atoms with Crippen LogP contribution in [-0.4, -0.2) is 0 Å². The van der Waals surface area contributed by atoms with E-state index in [1.54, 1.807) is 6.26 Å². The SMILES string of the molecule is Cc1c2c(c(C)c3occc13)Oc1cccc3cc[n+](C)c-2c13. The Balaban J connectivity index is 2.07. The Morgan fingerprint density at radius 3 is 2.74 bits per heavy atom. The molecule has 0 aliphatic carbocycles. The van der Waals surface area contributed by atoms with Crippen molar-refractivity contribution >= 4 is 21.7 Å². The number of fused-ring (bicyclic) bond motifs is 3. The predicted octanol–water partition coefficient (Wildman–Crippen LogP) is 4.80. The van der Waals surface area contributed by atoms with E-state index in [1.807, 2.05) is 18.2 Å². The number of ether oxygens (including phenoxy) is 1. The first-order chi connectivity index (χ1) is 11.2. The first-order valence-electron chi connectivity index (χ1n) is 7.77. The van der Waals surface area contributed by atoms with Gasteiger partial charge in [-0.3, -0.25) is 0 Å². The molecule has 0 amide bonds. The number of aryl methyl sites for hydroxylation is 3. The standard InChI is InChI=1S/C20H16NO2/c1-11-14-8-10-22-19(14)12(2)20-16(11)18-17-13(7-9-21(18)3)5-4-6-15(17)23-20/h4-10H,1-3H3/q+1. The molecular weight excluding hydrogens is 286 g/mol. The van der Waals surface area contributed by atoms with Crippen LogP contribution in [0, 0.1) is 13.8 Å². The lowest BCUT2D eigenvalue weighted by Gasteiger charge is -2.22. The highest BCUT2D eigenvalue weighted by atomic mass is 16.5. The van der Waals surface area contributed by atoms with Gasteiger partial charge in [0.1, 0.15) is 24.1 Å². The lowest BCUT2D eigenvalue weighted by atomic mass is 9.92. The Labute approximate surface area is 133 Å². The highest BCUT2D eigenvalue weighted by molar-refractivity contribution is 6.05. The molecule has 0 unspecified atom stereocenters. The zero-order valence-electron chi connectivity index (χ0n) is 13.3. The molecular formula is C20H16NO2+. The average Bonchev–Trinajstić information content (AvgIpc) is 3.05. The molecule has 3 heterocycles. The topological polar surface area (TPSA) is 26.2 Å². The number of hydrogen-bond donors (Lipinski definition) is 0. The molecule has 3 nitrogen and oxygen atoms in total. The minimum absolute atomic E-state index is 0.909. The monoisotopic (exact) mass is 302 g/mol.